The first-order chi connectivity index (χ1) is 12.2. The normalized spacial score (nSPS) is 25.3. The first kappa shape index (κ1) is 16.5. The first-order valence-corrected chi connectivity index (χ1v) is 10.0. The number of benzene rings is 2. The van der Waals surface area contributed by atoms with Gasteiger partial charge in [0.15, 0.2) is 0 Å². The van der Waals surface area contributed by atoms with E-state index in [1.807, 2.05) is 42.5 Å². The minimum Gasteiger partial charge on any atom is -0.489 e. The van der Waals surface area contributed by atoms with Crippen LogP contribution < -0.4 is 4.74 Å². The molecule has 2 heterocycles. The van der Waals surface area contributed by atoms with Crippen molar-refractivity contribution < 1.29 is 13.3 Å². The van der Waals surface area contributed by atoms with Crippen LogP contribution >= 0.6 is 0 Å². The Kier molecular flexibility index (Phi) is 4.71. The first-order valence-electron chi connectivity index (χ1n) is 8.77. The van der Waals surface area contributed by atoms with E-state index in [0.717, 1.165) is 30.4 Å². The van der Waals surface area contributed by atoms with E-state index in [2.05, 4.69) is 0 Å². The van der Waals surface area contributed by atoms with E-state index >= 15 is 0 Å². The van der Waals surface area contributed by atoms with Gasteiger partial charge in [0.1, 0.15) is 18.2 Å². The van der Waals surface area contributed by atoms with Crippen LogP contribution in [0, 0.1) is 5.82 Å². The number of fused-ring (bicyclic) bond motifs is 2. The molecule has 0 saturated carbocycles. The second-order valence-electron chi connectivity index (χ2n) is 6.73. The fraction of sp³-hybridized carbons (Fsp3) is 0.333. The van der Waals surface area contributed by atoms with Gasteiger partial charge in [-0.1, -0.05) is 42.8 Å². The van der Waals surface area contributed by atoms with E-state index < -0.39 is 10.8 Å². The lowest BCUT2D eigenvalue weighted by atomic mass is 9.93. The van der Waals surface area contributed by atoms with Gasteiger partial charge in [-0.15, -0.1) is 0 Å². The molecule has 0 aromatic heterocycles. The van der Waals surface area contributed by atoms with E-state index in [4.69, 9.17) is 4.74 Å². The smallest absolute Gasteiger partial charge is 0.134 e. The molecule has 0 aliphatic carbocycles. The summed E-state index contributed by atoms with van der Waals surface area (Å²) < 4.78 is 32.6. The van der Waals surface area contributed by atoms with Crippen molar-refractivity contribution in [1.82, 2.24) is 0 Å². The van der Waals surface area contributed by atoms with Crippen molar-refractivity contribution in [3.8, 4) is 5.75 Å². The van der Waals surface area contributed by atoms with Gasteiger partial charge in [-0.3, -0.25) is 4.21 Å². The second-order valence-corrected chi connectivity index (χ2v) is 8.66. The number of halogens is 1. The van der Waals surface area contributed by atoms with Crippen LogP contribution in [-0.2, 0) is 17.4 Å². The number of ether oxygens (including phenoxy) is 1. The number of rotatable bonds is 4. The SMILES string of the molecule is O=S1C2C=C(c3ccc(OCc4ccccc4)cc3F)CC1CCC2. The van der Waals surface area contributed by atoms with Crippen molar-refractivity contribution >= 4 is 16.4 Å². The molecule has 4 heteroatoms. The van der Waals surface area contributed by atoms with Crippen molar-refractivity contribution in [3.63, 3.8) is 0 Å². The van der Waals surface area contributed by atoms with Crippen molar-refractivity contribution in [2.45, 2.75) is 42.8 Å². The maximum Gasteiger partial charge on any atom is 0.134 e. The summed E-state index contributed by atoms with van der Waals surface area (Å²) in [6.45, 7) is 0.422. The van der Waals surface area contributed by atoms with E-state index in [9.17, 15) is 8.60 Å². The Morgan fingerprint density at radius 2 is 1.96 bits per heavy atom. The number of hydrogen-bond acceptors (Lipinski definition) is 2. The third-order valence-electron chi connectivity index (χ3n) is 5.01. The molecule has 0 spiro atoms. The van der Waals surface area contributed by atoms with Crippen molar-refractivity contribution in [1.29, 1.82) is 0 Å². The van der Waals surface area contributed by atoms with Crippen LogP contribution in [0.25, 0.3) is 5.57 Å². The molecule has 2 nitrogen and oxygen atoms in total. The summed E-state index contributed by atoms with van der Waals surface area (Å²) in [5.41, 5.74) is 2.68. The molecule has 25 heavy (non-hydrogen) atoms. The van der Waals surface area contributed by atoms with Gasteiger partial charge < -0.3 is 4.74 Å². The summed E-state index contributed by atoms with van der Waals surface area (Å²) in [4.78, 5) is 0. The molecule has 2 bridgehead atoms. The summed E-state index contributed by atoms with van der Waals surface area (Å²) in [6.07, 6.45) is 5.81. The maximum atomic E-state index is 14.6. The largest absolute Gasteiger partial charge is 0.489 e. The zero-order valence-electron chi connectivity index (χ0n) is 14.0. The molecular formula is C21H21FO2S. The Balaban J connectivity index is 1.51. The van der Waals surface area contributed by atoms with Gasteiger partial charge in [0.25, 0.3) is 0 Å². The van der Waals surface area contributed by atoms with Crippen LogP contribution in [0.2, 0.25) is 0 Å². The molecule has 0 N–H and O–H groups in total. The van der Waals surface area contributed by atoms with Crippen LogP contribution in [0.15, 0.2) is 54.6 Å². The Hall–Kier alpha value is -1.94. The summed E-state index contributed by atoms with van der Waals surface area (Å²) in [7, 11) is -0.789. The lowest BCUT2D eigenvalue weighted by Gasteiger charge is -2.33. The number of hydrogen-bond donors (Lipinski definition) is 0. The monoisotopic (exact) mass is 356 g/mol. The zero-order valence-corrected chi connectivity index (χ0v) is 14.8. The van der Waals surface area contributed by atoms with E-state index in [0.29, 0.717) is 24.3 Å². The maximum absolute atomic E-state index is 14.6. The minimum absolute atomic E-state index is 0.0934. The van der Waals surface area contributed by atoms with Gasteiger partial charge in [0, 0.05) is 27.7 Å². The average molecular weight is 356 g/mol. The third-order valence-corrected chi connectivity index (χ3v) is 7.04. The zero-order chi connectivity index (χ0) is 17.2. The topological polar surface area (TPSA) is 26.3 Å². The fourth-order valence-electron chi connectivity index (χ4n) is 3.69. The molecule has 3 atom stereocenters. The molecular weight excluding hydrogens is 335 g/mol. The fourth-order valence-corrected chi connectivity index (χ4v) is 5.62. The van der Waals surface area contributed by atoms with Crippen LogP contribution in [0.4, 0.5) is 4.39 Å². The highest BCUT2D eigenvalue weighted by atomic mass is 32.2. The molecule has 2 aromatic rings. The second kappa shape index (κ2) is 7.12. The molecule has 2 aromatic carbocycles. The summed E-state index contributed by atoms with van der Waals surface area (Å²) in [5, 5.41) is 0.281. The van der Waals surface area contributed by atoms with Gasteiger partial charge in [0.2, 0.25) is 0 Å². The van der Waals surface area contributed by atoms with Crippen LogP contribution in [-0.4, -0.2) is 14.7 Å². The Morgan fingerprint density at radius 3 is 2.72 bits per heavy atom. The number of allylic oxidation sites excluding steroid dienone is 1. The minimum atomic E-state index is -0.789. The van der Waals surface area contributed by atoms with Gasteiger partial charge >= 0.3 is 0 Å². The highest BCUT2D eigenvalue weighted by Crippen LogP contribution is 2.38. The van der Waals surface area contributed by atoms with Gasteiger partial charge in [-0.2, -0.15) is 0 Å². The molecule has 2 aliphatic rings. The molecule has 1 saturated heterocycles. The molecule has 4 rings (SSSR count). The molecule has 2 aliphatic heterocycles. The standard InChI is InChI=1S/C21H21FO2S/c22-21-13-17(24-14-15-5-2-1-3-6-15)9-10-20(21)16-11-18-7-4-8-19(12-16)25(18)23/h1-3,5-6,9-11,13,18-19H,4,7-8,12,14H2. The molecule has 0 radical (unpaired) electrons. The quantitative estimate of drug-likeness (QED) is 0.782. The molecule has 130 valence electrons. The van der Waals surface area contributed by atoms with Gasteiger partial charge in [-0.25, -0.2) is 4.39 Å². The highest BCUT2D eigenvalue weighted by molar-refractivity contribution is 7.86. The average Bonchev–Trinajstić information content (AvgIpc) is 2.61. The Labute approximate surface area is 150 Å². The molecule has 3 unspecified atom stereocenters. The van der Waals surface area contributed by atoms with Crippen LogP contribution in [0.3, 0.4) is 0 Å². The molecule has 0 amide bonds. The molecule has 1 fully saturated rings. The highest BCUT2D eigenvalue weighted by Gasteiger charge is 2.34. The Bertz CT molecular complexity index is 816. The van der Waals surface area contributed by atoms with Crippen molar-refractivity contribution in [2.75, 3.05) is 0 Å². The lowest BCUT2D eigenvalue weighted by Crippen LogP contribution is -2.33. The summed E-state index contributed by atoms with van der Waals surface area (Å²) >= 11 is 0. The van der Waals surface area contributed by atoms with Crippen LogP contribution in [0.5, 0.6) is 5.75 Å². The summed E-state index contributed by atoms with van der Waals surface area (Å²) in [6, 6.07) is 14.9. The van der Waals surface area contributed by atoms with Gasteiger partial charge in [0.05, 0.1) is 5.25 Å². The Morgan fingerprint density at radius 1 is 1.12 bits per heavy atom. The van der Waals surface area contributed by atoms with Crippen molar-refractivity contribution in [3.05, 3.63) is 71.6 Å². The van der Waals surface area contributed by atoms with E-state index in [-0.39, 0.29) is 16.3 Å². The van der Waals surface area contributed by atoms with Crippen molar-refractivity contribution in [2.24, 2.45) is 0 Å². The third kappa shape index (κ3) is 3.54. The summed E-state index contributed by atoms with van der Waals surface area (Å²) in [5.74, 6) is 0.271. The van der Waals surface area contributed by atoms with Gasteiger partial charge in [-0.05, 0) is 42.5 Å². The predicted octanol–water partition coefficient (Wildman–Crippen LogP) is 4.86. The van der Waals surface area contributed by atoms with E-state index in [1.165, 1.54) is 6.07 Å². The predicted molar refractivity (Wildman–Crippen MR) is 99.3 cm³/mol. The van der Waals surface area contributed by atoms with Crippen LogP contribution in [0.1, 0.15) is 36.8 Å². The van der Waals surface area contributed by atoms with E-state index in [1.54, 1.807) is 6.07 Å². The lowest BCUT2D eigenvalue weighted by molar-refractivity contribution is 0.304.